The van der Waals surface area contributed by atoms with Crippen LogP contribution in [-0.2, 0) is 11.2 Å². The molecule has 0 spiro atoms. The van der Waals surface area contributed by atoms with Crippen LogP contribution in [0.1, 0.15) is 11.1 Å². The van der Waals surface area contributed by atoms with Gasteiger partial charge in [0.25, 0.3) is 0 Å². The number of amides is 1. The number of fused-ring (bicyclic) bond motifs is 1. The third-order valence-corrected chi connectivity index (χ3v) is 3.28. The van der Waals surface area contributed by atoms with Gasteiger partial charge in [-0.05, 0) is 53.4 Å². The summed E-state index contributed by atoms with van der Waals surface area (Å²) in [5.74, 6) is -0.0745. The van der Waals surface area contributed by atoms with Gasteiger partial charge in [0.1, 0.15) is 0 Å². The lowest BCUT2D eigenvalue weighted by atomic mass is 10.1. The second-order valence-corrected chi connectivity index (χ2v) is 4.81. The van der Waals surface area contributed by atoms with Gasteiger partial charge in [-0.1, -0.05) is 6.07 Å². The van der Waals surface area contributed by atoms with E-state index >= 15 is 0 Å². The van der Waals surface area contributed by atoms with E-state index in [-0.39, 0.29) is 5.91 Å². The highest BCUT2D eigenvalue weighted by molar-refractivity contribution is 5.93. The van der Waals surface area contributed by atoms with Crippen molar-refractivity contribution in [3.63, 3.8) is 0 Å². The summed E-state index contributed by atoms with van der Waals surface area (Å²) < 4.78 is 0. The molecule has 2 aromatic carbocycles. The fraction of sp³-hybridized carbons (Fsp3) is 0.0588. The van der Waals surface area contributed by atoms with Crippen molar-refractivity contribution in [3.05, 3.63) is 65.9 Å². The molecular weight excluding hydrogens is 262 g/mol. The minimum Gasteiger partial charge on any atom is -0.361 e. The smallest absolute Gasteiger partial charge is 0.228 e. The number of carbonyl (C=O) groups is 1. The molecule has 0 aliphatic heterocycles. The van der Waals surface area contributed by atoms with Crippen molar-refractivity contribution >= 4 is 22.5 Å². The topological polar surface area (TPSA) is 68.7 Å². The highest BCUT2D eigenvalue weighted by Gasteiger charge is 2.05. The van der Waals surface area contributed by atoms with Gasteiger partial charge in [-0.15, -0.1) is 0 Å². The summed E-state index contributed by atoms with van der Waals surface area (Å²) in [5.41, 5.74) is 3.30. The number of nitriles is 1. The fourth-order valence-electron chi connectivity index (χ4n) is 2.23. The Morgan fingerprint density at radius 1 is 1.14 bits per heavy atom. The van der Waals surface area contributed by atoms with Gasteiger partial charge in [0.05, 0.1) is 18.1 Å². The average Bonchev–Trinajstić information content (AvgIpc) is 2.95. The zero-order valence-electron chi connectivity index (χ0n) is 11.3. The van der Waals surface area contributed by atoms with Gasteiger partial charge >= 0.3 is 0 Å². The minimum absolute atomic E-state index is 0.0745. The van der Waals surface area contributed by atoms with E-state index in [9.17, 15) is 4.79 Å². The van der Waals surface area contributed by atoms with Gasteiger partial charge in [0.15, 0.2) is 0 Å². The Kier molecular flexibility index (Phi) is 3.40. The third kappa shape index (κ3) is 2.93. The van der Waals surface area contributed by atoms with E-state index in [1.54, 1.807) is 24.3 Å². The number of rotatable bonds is 3. The number of anilines is 1. The summed E-state index contributed by atoms with van der Waals surface area (Å²) in [4.78, 5) is 15.2. The molecule has 2 N–H and O–H groups in total. The standard InChI is InChI=1S/C17H13N3O/c18-11-12-1-4-15(5-2-12)20-17(21)10-13-3-6-16-14(9-13)7-8-19-16/h1-9,19H,10H2,(H,20,21). The molecule has 3 rings (SSSR count). The summed E-state index contributed by atoms with van der Waals surface area (Å²) in [6, 6.07) is 16.8. The van der Waals surface area contributed by atoms with Crippen molar-refractivity contribution in [1.29, 1.82) is 5.26 Å². The van der Waals surface area contributed by atoms with Crippen molar-refractivity contribution in [3.8, 4) is 6.07 Å². The summed E-state index contributed by atoms with van der Waals surface area (Å²) in [6.45, 7) is 0. The molecule has 0 bridgehead atoms. The maximum Gasteiger partial charge on any atom is 0.228 e. The number of H-pyrrole nitrogens is 1. The van der Waals surface area contributed by atoms with Gasteiger partial charge in [-0.3, -0.25) is 4.79 Å². The molecule has 4 heteroatoms. The predicted octanol–water partition coefficient (Wildman–Crippen LogP) is 3.22. The molecule has 0 atom stereocenters. The molecule has 0 saturated heterocycles. The van der Waals surface area contributed by atoms with Crippen molar-refractivity contribution in [2.24, 2.45) is 0 Å². The molecule has 0 aliphatic rings. The molecule has 0 fully saturated rings. The van der Waals surface area contributed by atoms with Gasteiger partial charge in [-0.25, -0.2) is 0 Å². The monoisotopic (exact) mass is 275 g/mol. The van der Waals surface area contributed by atoms with E-state index in [0.717, 1.165) is 16.5 Å². The van der Waals surface area contributed by atoms with E-state index in [1.165, 1.54) is 0 Å². The number of carbonyl (C=O) groups excluding carboxylic acids is 1. The highest BCUT2D eigenvalue weighted by Crippen LogP contribution is 2.15. The van der Waals surface area contributed by atoms with Crippen LogP contribution in [0.2, 0.25) is 0 Å². The summed E-state index contributed by atoms with van der Waals surface area (Å²) in [5, 5.41) is 12.7. The van der Waals surface area contributed by atoms with Crippen LogP contribution in [0.25, 0.3) is 10.9 Å². The van der Waals surface area contributed by atoms with E-state index < -0.39 is 0 Å². The van der Waals surface area contributed by atoms with Crippen LogP contribution in [0.4, 0.5) is 5.69 Å². The molecule has 0 unspecified atom stereocenters. The first-order valence-electron chi connectivity index (χ1n) is 6.60. The van der Waals surface area contributed by atoms with Crippen LogP contribution in [0.3, 0.4) is 0 Å². The lowest BCUT2D eigenvalue weighted by Crippen LogP contribution is -2.14. The molecule has 21 heavy (non-hydrogen) atoms. The van der Waals surface area contributed by atoms with E-state index in [1.807, 2.05) is 36.5 Å². The molecule has 1 aromatic heterocycles. The van der Waals surface area contributed by atoms with Crippen LogP contribution < -0.4 is 5.32 Å². The number of hydrogen-bond donors (Lipinski definition) is 2. The molecular formula is C17H13N3O. The Bertz CT molecular complexity index is 825. The Hall–Kier alpha value is -3.06. The number of aromatic nitrogens is 1. The quantitative estimate of drug-likeness (QED) is 0.770. The summed E-state index contributed by atoms with van der Waals surface area (Å²) in [7, 11) is 0. The van der Waals surface area contributed by atoms with E-state index in [0.29, 0.717) is 17.7 Å². The Morgan fingerprint density at radius 2 is 1.95 bits per heavy atom. The van der Waals surface area contributed by atoms with Crippen molar-refractivity contribution in [2.75, 3.05) is 5.32 Å². The second kappa shape index (κ2) is 5.51. The molecule has 0 aliphatic carbocycles. The Labute approximate surface area is 122 Å². The summed E-state index contributed by atoms with van der Waals surface area (Å²) >= 11 is 0. The Morgan fingerprint density at radius 3 is 2.71 bits per heavy atom. The van der Waals surface area contributed by atoms with Crippen molar-refractivity contribution < 1.29 is 4.79 Å². The minimum atomic E-state index is -0.0745. The Balaban J connectivity index is 1.69. The lowest BCUT2D eigenvalue weighted by Gasteiger charge is -2.05. The second-order valence-electron chi connectivity index (χ2n) is 4.81. The maximum absolute atomic E-state index is 12.0. The SMILES string of the molecule is N#Cc1ccc(NC(=O)Cc2ccc3[nH]ccc3c2)cc1. The van der Waals surface area contributed by atoms with Crippen LogP contribution in [0.5, 0.6) is 0 Å². The van der Waals surface area contributed by atoms with Crippen molar-refractivity contribution in [1.82, 2.24) is 4.98 Å². The zero-order valence-corrected chi connectivity index (χ0v) is 11.3. The van der Waals surface area contributed by atoms with Crippen LogP contribution in [0.15, 0.2) is 54.7 Å². The van der Waals surface area contributed by atoms with Gasteiger partial charge in [0.2, 0.25) is 5.91 Å². The molecule has 102 valence electrons. The molecule has 1 amide bonds. The number of aromatic amines is 1. The molecule has 0 radical (unpaired) electrons. The first-order valence-corrected chi connectivity index (χ1v) is 6.60. The number of benzene rings is 2. The predicted molar refractivity (Wildman–Crippen MR) is 81.8 cm³/mol. The van der Waals surface area contributed by atoms with E-state index in [4.69, 9.17) is 5.26 Å². The van der Waals surface area contributed by atoms with Crippen LogP contribution in [-0.4, -0.2) is 10.9 Å². The first kappa shape index (κ1) is 12.9. The number of hydrogen-bond acceptors (Lipinski definition) is 2. The average molecular weight is 275 g/mol. The van der Waals surface area contributed by atoms with Crippen molar-refractivity contribution in [2.45, 2.75) is 6.42 Å². The first-order chi connectivity index (χ1) is 10.2. The number of nitrogens with one attached hydrogen (secondary N) is 2. The fourth-order valence-corrected chi connectivity index (χ4v) is 2.23. The number of nitrogens with zero attached hydrogens (tertiary/aromatic N) is 1. The maximum atomic E-state index is 12.0. The third-order valence-electron chi connectivity index (χ3n) is 3.28. The van der Waals surface area contributed by atoms with Crippen LogP contribution in [0, 0.1) is 11.3 Å². The lowest BCUT2D eigenvalue weighted by molar-refractivity contribution is -0.115. The zero-order chi connectivity index (χ0) is 14.7. The van der Waals surface area contributed by atoms with E-state index in [2.05, 4.69) is 10.3 Å². The van der Waals surface area contributed by atoms with Gasteiger partial charge in [-0.2, -0.15) is 5.26 Å². The molecule has 0 saturated carbocycles. The molecule has 1 heterocycles. The normalized spacial score (nSPS) is 10.2. The highest BCUT2D eigenvalue weighted by atomic mass is 16.1. The van der Waals surface area contributed by atoms with Crippen LogP contribution >= 0.6 is 0 Å². The molecule has 4 nitrogen and oxygen atoms in total. The molecule has 3 aromatic rings. The summed E-state index contributed by atoms with van der Waals surface area (Å²) in [6.07, 6.45) is 2.20. The van der Waals surface area contributed by atoms with Gasteiger partial charge < -0.3 is 10.3 Å². The van der Waals surface area contributed by atoms with Gasteiger partial charge in [0, 0.05) is 17.4 Å². The largest absolute Gasteiger partial charge is 0.361 e.